The Bertz CT molecular complexity index is 829. The van der Waals surface area contributed by atoms with Gasteiger partial charge in [-0.05, 0) is 54.4 Å². The molecule has 2 N–H and O–H groups in total. The summed E-state index contributed by atoms with van der Waals surface area (Å²) >= 11 is 3.11. The quantitative estimate of drug-likeness (QED) is 0.507. The number of aromatic nitrogens is 2. The minimum absolute atomic E-state index is 0.0753. The minimum Gasteiger partial charge on any atom is -0.310 e. The zero-order valence-corrected chi connectivity index (χ0v) is 14.0. The third-order valence-corrected chi connectivity index (χ3v) is 5.24. The highest BCUT2D eigenvalue weighted by molar-refractivity contribution is 7.99. The molecule has 0 amide bonds. The Morgan fingerprint density at radius 1 is 1.26 bits per heavy atom. The van der Waals surface area contributed by atoms with Gasteiger partial charge in [-0.3, -0.25) is 4.79 Å². The fourth-order valence-corrected chi connectivity index (χ4v) is 3.71. The van der Waals surface area contributed by atoms with Crippen molar-refractivity contribution in [3.8, 4) is 0 Å². The van der Waals surface area contributed by atoms with Gasteiger partial charge in [0.15, 0.2) is 0 Å². The monoisotopic (exact) mass is 349 g/mol. The van der Waals surface area contributed by atoms with Crippen LogP contribution in [-0.2, 0) is 6.54 Å². The predicted molar refractivity (Wildman–Crippen MR) is 93.7 cm³/mol. The van der Waals surface area contributed by atoms with E-state index in [1.165, 1.54) is 23.5 Å². The van der Waals surface area contributed by atoms with Crippen molar-refractivity contribution >= 4 is 33.3 Å². The summed E-state index contributed by atoms with van der Waals surface area (Å²) in [4.78, 5) is 20.1. The fraction of sp³-hybridized carbons (Fsp3) is 0.250. The number of H-pyrrole nitrogens is 1. The normalized spacial score (nSPS) is 11.2. The Morgan fingerprint density at radius 2 is 2.09 bits per heavy atom. The van der Waals surface area contributed by atoms with Gasteiger partial charge in [0.2, 0.25) is 0 Å². The molecule has 0 aliphatic carbocycles. The molecule has 120 valence electrons. The van der Waals surface area contributed by atoms with Crippen LogP contribution in [-0.4, -0.2) is 22.3 Å². The van der Waals surface area contributed by atoms with E-state index in [1.54, 1.807) is 23.9 Å². The lowest BCUT2D eigenvalue weighted by Crippen LogP contribution is -2.20. The summed E-state index contributed by atoms with van der Waals surface area (Å²) < 4.78 is 13.5. The van der Waals surface area contributed by atoms with E-state index in [2.05, 4.69) is 15.3 Å². The number of fused-ring (bicyclic) bond motifs is 1. The standard InChI is InChI=1S/C16H16FN3OS2/c17-11-2-4-12(5-3-11)22-8-1-7-18-10-14-19-13-6-9-23-15(13)16(21)20-14/h2-6,9,18H,1,7-8,10H2,(H,19,20,21). The Morgan fingerprint density at radius 3 is 2.91 bits per heavy atom. The Hall–Kier alpha value is -1.70. The van der Waals surface area contributed by atoms with Crippen molar-refractivity contribution in [2.75, 3.05) is 12.3 Å². The molecule has 0 aliphatic rings. The van der Waals surface area contributed by atoms with E-state index >= 15 is 0 Å². The van der Waals surface area contributed by atoms with Crippen molar-refractivity contribution in [1.29, 1.82) is 0 Å². The fourth-order valence-electron chi connectivity index (χ4n) is 2.13. The van der Waals surface area contributed by atoms with Gasteiger partial charge in [-0.15, -0.1) is 23.1 Å². The van der Waals surface area contributed by atoms with Crippen LogP contribution in [0.4, 0.5) is 4.39 Å². The number of halogens is 1. The smallest absolute Gasteiger partial charge is 0.268 e. The number of nitrogens with one attached hydrogen (secondary N) is 2. The first kappa shape index (κ1) is 16.2. The highest BCUT2D eigenvalue weighted by Gasteiger charge is 2.04. The van der Waals surface area contributed by atoms with E-state index in [1.807, 2.05) is 11.4 Å². The summed E-state index contributed by atoms with van der Waals surface area (Å²) in [6.45, 7) is 1.38. The molecule has 0 fully saturated rings. The molecule has 4 nitrogen and oxygen atoms in total. The molecule has 0 saturated heterocycles. The van der Waals surface area contributed by atoms with Crippen LogP contribution >= 0.6 is 23.1 Å². The van der Waals surface area contributed by atoms with Crippen LogP contribution in [0.15, 0.2) is 45.4 Å². The maximum atomic E-state index is 12.8. The average molecular weight is 349 g/mol. The first-order chi connectivity index (χ1) is 11.2. The lowest BCUT2D eigenvalue weighted by atomic mass is 10.4. The number of benzene rings is 1. The third kappa shape index (κ3) is 4.40. The molecule has 0 atom stereocenters. The highest BCUT2D eigenvalue weighted by atomic mass is 32.2. The number of hydrogen-bond acceptors (Lipinski definition) is 5. The van der Waals surface area contributed by atoms with Crippen LogP contribution < -0.4 is 10.9 Å². The van der Waals surface area contributed by atoms with E-state index in [0.29, 0.717) is 17.1 Å². The minimum atomic E-state index is -0.208. The Balaban J connectivity index is 1.40. The summed E-state index contributed by atoms with van der Waals surface area (Å²) in [5.41, 5.74) is 0.677. The number of nitrogens with zero attached hydrogens (tertiary/aromatic N) is 1. The molecule has 0 unspecified atom stereocenters. The van der Waals surface area contributed by atoms with Crippen molar-refractivity contribution in [2.24, 2.45) is 0 Å². The number of thiophene rings is 1. The second kappa shape index (κ2) is 7.72. The average Bonchev–Trinajstić information content (AvgIpc) is 3.01. The Labute approximate surface area is 141 Å². The van der Waals surface area contributed by atoms with E-state index in [-0.39, 0.29) is 11.4 Å². The van der Waals surface area contributed by atoms with Crippen LogP contribution in [0.25, 0.3) is 10.2 Å². The largest absolute Gasteiger partial charge is 0.310 e. The van der Waals surface area contributed by atoms with Gasteiger partial charge >= 0.3 is 0 Å². The van der Waals surface area contributed by atoms with E-state index in [0.717, 1.165) is 29.1 Å². The van der Waals surface area contributed by atoms with Gasteiger partial charge in [-0.1, -0.05) is 0 Å². The molecule has 23 heavy (non-hydrogen) atoms. The van der Waals surface area contributed by atoms with Crippen molar-refractivity contribution in [2.45, 2.75) is 17.9 Å². The van der Waals surface area contributed by atoms with Gasteiger partial charge < -0.3 is 10.3 Å². The van der Waals surface area contributed by atoms with Gasteiger partial charge in [0.25, 0.3) is 5.56 Å². The molecule has 3 rings (SSSR count). The summed E-state index contributed by atoms with van der Waals surface area (Å²) in [5, 5.41) is 5.15. The van der Waals surface area contributed by atoms with E-state index in [9.17, 15) is 9.18 Å². The molecule has 0 saturated carbocycles. The van der Waals surface area contributed by atoms with Gasteiger partial charge in [0, 0.05) is 4.90 Å². The van der Waals surface area contributed by atoms with Crippen molar-refractivity contribution in [3.63, 3.8) is 0 Å². The number of aromatic amines is 1. The highest BCUT2D eigenvalue weighted by Crippen LogP contribution is 2.18. The van der Waals surface area contributed by atoms with Gasteiger partial charge in [-0.2, -0.15) is 0 Å². The molecule has 2 aromatic heterocycles. The summed E-state index contributed by atoms with van der Waals surface area (Å²) in [5.74, 6) is 1.40. The molecule has 0 bridgehead atoms. The van der Waals surface area contributed by atoms with Crippen LogP contribution in [0.2, 0.25) is 0 Å². The van der Waals surface area contributed by atoms with Crippen LogP contribution in [0.3, 0.4) is 0 Å². The Kier molecular flexibility index (Phi) is 5.43. The molecule has 0 spiro atoms. The van der Waals surface area contributed by atoms with E-state index in [4.69, 9.17) is 0 Å². The zero-order chi connectivity index (χ0) is 16.1. The first-order valence-electron chi connectivity index (χ1n) is 7.28. The zero-order valence-electron chi connectivity index (χ0n) is 12.3. The summed E-state index contributed by atoms with van der Waals surface area (Å²) in [6, 6.07) is 8.39. The van der Waals surface area contributed by atoms with Gasteiger partial charge in [-0.25, -0.2) is 9.37 Å². The second-order valence-corrected chi connectivity index (χ2v) is 7.06. The van der Waals surface area contributed by atoms with Gasteiger partial charge in [0.1, 0.15) is 16.3 Å². The lowest BCUT2D eigenvalue weighted by molar-refractivity contribution is 0.626. The van der Waals surface area contributed by atoms with Crippen molar-refractivity contribution in [1.82, 2.24) is 15.3 Å². The summed E-state index contributed by atoms with van der Waals surface area (Å²) in [6.07, 6.45) is 0.979. The van der Waals surface area contributed by atoms with E-state index < -0.39 is 0 Å². The number of hydrogen-bond donors (Lipinski definition) is 2. The second-order valence-electron chi connectivity index (χ2n) is 4.98. The van der Waals surface area contributed by atoms with Gasteiger partial charge in [0.05, 0.1) is 12.1 Å². The third-order valence-electron chi connectivity index (χ3n) is 3.24. The molecule has 0 radical (unpaired) electrons. The van der Waals surface area contributed by atoms with Crippen LogP contribution in [0.1, 0.15) is 12.2 Å². The molecule has 7 heteroatoms. The molecular weight excluding hydrogens is 333 g/mol. The van der Waals surface area contributed by atoms with Crippen molar-refractivity contribution in [3.05, 3.63) is 57.7 Å². The first-order valence-corrected chi connectivity index (χ1v) is 9.14. The SMILES string of the molecule is O=c1[nH]c(CNCCCSc2ccc(F)cc2)nc2ccsc12. The maximum Gasteiger partial charge on any atom is 0.268 e. The molecule has 0 aliphatic heterocycles. The number of thioether (sulfide) groups is 1. The van der Waals surface area contributed by atoms with Crippen molar-refractivity contribution < 1.29 is 4.39 Å². The number of rotatable bonds is 7. The maximum absolute atomic E-state index is 12.8. The molecule has 2 heterocycles. The summed E-state index contributed by atoms with van der Waals surface area (Å²) in [7, 11) is 0. The van der Waals surface area contributed by atoms with Crippen LogP contribution in [0, 0.1) is 5.82 Å². The van der Waals surface area contributed by atoms with Crippen LogP contribution in [0.5, 0.6) is 0 Å². The molecular formula is C16H16FN3OS2. The topological polar surface area (TPSA) is 57.8 Å². The lowest BCUT2D eigenvalue weighted by Gasteiger charge is -2.05. The molecule has 3 aromatic rings. The predicted octanol–water partition coefficient (Wildman–Crippen LogP) is 3.40. The molecule has 1 aromatic carbocycles.